The van der Waals surface area contributed by atoms with E-state index in [9.17, 15) is 0 Å². The van der Waals surface area contributed by atoms with Gasteiger partial charge in [-0.05, 0) is 40.0 Å². The van der Waals surface area contributed by atoms with Crippen LogP contribution >= 0.6 is 27.5 Å². The number of hydrogen-bond donors (Lipinski definition) is 0. The van der Waals surface area contributed by atoms with Crippen LogP contribution in [0.1, 0.15) is 11.1 Å². The molecule has 0 saturated heterocycles. The third-order valence-corrected chi connectivity index (χ3v) is 2.98. The molecular formula is C9H10BrClO. The second kappa shape index (κ2) is 4.15. The number of alkyl halides is 1. The molecule has 0 atom stereocenters. The third kappa shape index (κ3) is 1.93. The van der Waals surface area contributed by atoms with E-state index >= 15 is 0 Å². The lowest BCUT2D eigenvalue weighted by molar-refractivity contribution is 0.411. The maximum absolute atomic E-state index is 5.71. The zero-order valence-corrected chi connectivity index (χ0v) is 9.37. The van der Waals surface area contributed by atoms with Crippen molar-refractivity contribution in [1.29, 1.82) is 0 Å². The number of halogens is 2. The van der Waals surface area contributed by atoms with Crippen LogP contribution in [0, 0.1) is 6.92 Å². The first-order valence-electron chi connectivity index (χ1n) is 3.58. The van der Waals surface area contributed by atoms with Crippen molar-refractivity contribution >= 4 is 27.5 Å². The maximum Gasteiger partial charge on any atom is 0.133 e. The summed E-state index contributed by atoms with van der Waals surface area (Å²) in [6.07, 6.45) is 0. The van der Waals surface area contributed by atoms with E-state index in [1.807, 2.05) is 19.1 Å². The van der Waals surface area contributed by atoms with Crippen LogP contribution in [-0.4, -0.2) is 7.11 Å². The van der Waals surface area contributed by atoms with Crippen LogP contribution in [0.3, 0.4) is 0 Å². The van der Waals surface area contributed by atoms with Gasteiger partial charge < -0.3 is 4.74 Å². The van der Waals surface area contributed by atoms with Gasteiger partial charge in [0.05, 0.1) is 11.6 Å². The number of hydrogen-bond acceptors (Lipinski definition) is 1. The van der Waals surface area contributed by atoms with Gasteiger partial charge in [-0.3, -0.25) is 0 Å². The summed E-state index contributed by atoms with van der Waals surface area (Å²) in [7, 11) is 1.65. The molecule has 0 aliphatic carbocycles. The Morgan fingerprint density at radius 3 is 2.67 bits per heavy atom. The Labute approximate surface area is 85.8 Å². The van der Waals surface area contributed by atoms with Crippen LogP contribution in [0.2, 0.25) is 0 Å². The molecule has 0 spiro atoms. The molecule has 0 aliphatic rings. The predicted molar refractivity (Wildman–Crippen MR) is 55.0 cm³/mol. The molecular weight excluding hydrogens is 239 g/mol. The smallest absolute Gasteiger partial charge is 0.133 e. The first kappa shape index (κ1) is 9.87. The molecule has 1 nitrogen and oxygen atoms in total. The molecule has 0 amide bonds. The molecule has 0 saturated carbocycles. The molecule has 3 heteroatoms. The molecule has 0 N–H and O–H groups in total. The topological polar surface area (TPSA) is 9.23 Å². The molecule has 0 radical (unpaired) electrons. The first-order valence-corrected chi connectivity index (χ1v) is 4.90. The van der Waals surface area contributed by atoms with Crippen molar-refractivity contribution in [1.82, 2.24) is 0 Å². The van der Waals surface area contributed by atoms with Crippen molar-refractivity contribution in [3.63, 3.8) is 0 Å². The van der Waals surface area contributed by atoms with Crippen molar-refractivity contribution in [3.8, 4) is 5.75 Å². The normalized spacial score (nSPS) is 10.0. The SMILES string of the molecule is COc1cc(CCl)cc(C)c1Br. The van der Waals surface area contributed by atoms with Gasteiger partial charge in [0.25, 0.3) is 0 Å². The monoisotopic (exact) mass is 248 g/mol. The van der Waals surface area contributed by atoms with E-state index in [0.29, 0.717) is 5.88 Å². The van der Waals surface area contributed by atoms with E-state index in [2.05, 4.69) is 15.9 Å². The molecule has 0 unspecified atom stereocenters. The summed E-state index contributed by atoms with van der Waals surface area (Å²) in [6, 6.07) is 3.98. The largest absolute Gasteiger partial charge is 0.496 e. The van der Waals surface area contributed by atoms with Crippen LogP contribution in [0.5, 0.6) is 5.75 Å². The fourth-order valence-electron chi connectivity index (χ4n) is 1.03. The van der Waals surface area contributed by atoms with E-state index in [-0.39, 0.29) is 0 Å². The van der Waals surface area contributed by atoms with Crippen LogP contribution in [0.25, 0.3) is 0 Å². The lowest BCUT2D eigenvalue weighted by atomic mass is 10.1. The summed E-state index contributed by atoms with van der Waals surface area (Å²) in [5.74, 6) is 1.36. The highest BCUT2D eigenvalue weighted by Crippen LogP contribution is 2.30. The summed E-state index contributed by atoms with van der Waals surface area (Å²) >= 11 is 9.14. The molecule has 66 valence electrons. The molecule has 1 aromatic rings. The Kier molecular flexibility index (Phi) is 3.41. The van der Waals surface area contributed by atoms with Crippen molar-refractivity contribution in [2.75, 3.05) is 7.11 Å². The van der Waals surface area contributed by atoms with E-state index in [4.69, 9.17) is 16.3 Å². The fourth-order valence-corrected chi connectivity index (χ4v) is 1.58. The van der Waals surface area contributed by atoms with Gasteiger partial charge in [-0.15, -0.1) is 11.6 Å². The van der Waals surface area contributed by atoms with E-state index in [1.54, 1.807) is 7.11 Å². The number of benzene rings is 1. The lowest BCUT2D eigenvalue weighted by Gasteiger charge is -2.07. The molecule has 12 heavy (non-hydrogen) atoms. The average molecular weight is 250 g/mol. The van der Waals surface area contributed by atoms with Gasteiger partial charge in [0.2, 0.25) is 0 Å². The van der Waals surface area contributed by atoms with Crippen molar-refractivity contribution in [2.45, 2.75) is 12.8 Å². The van der Waals surface area contributed by atoms with Crippen LogP contribution in [0.15, 0.2) is 16.6 Å². The van der Waals surface area contributed by atoms with Crippen molar-refractivity contribution in [3.05, 3.63) is 27.7 Å². The van der Waals surface area contributed by atoms with Gasteiger partial charge >= 0.3 is 0 Å². The fraction of sp³-hybridized carbons (Fsp3) is 0.333. The molecule has 0 aromatic heterocycles. The van der Waals surface area contributed by atoms with Crippen LogP contribution < -0.4 is 4.74 Å². The van der Waals surface area contributed by atoms with Gasteiger partial charge in [-0.1, -0.05) is 6.07 Å². The van der Waals surface area contributed by atoms with E-state index < -0.39 is 0 Å². The number of aryl methyl sites for hydroxylation is 1. The molecule has 0 aliphatic heterocycles. The second-order valence-corrected chi connectivity index (χ2v) is 3.62. The highest BCUT2D eigenvalue weighted by Gasteiger charge is 2.04. The summed E-state index contributed by atoms with van der Waals surface area (Å²) < 4.78 is 6.16. The minimum atomic E-state index is 0.518. The lowest BCUT2D eigenvalue weighted by Crippen LogP contribution is -1.89. The minimum Gasteiger partial charge on any atom is -0.496 e. The van der Waals surface area contributed by atoms with Gasteiger partial charge in [0.15, 0.2) is 0 Å². The van der Waals surface area contributed by atoms with Gasteiger partial charge in [0, 0.05) is 5.88 Å². The zero-order valence-electron chi connectivity index (χ0n) is 7.03. The Bertz CT molecular complexity index is 286. The quantitative estimate of drug-likeness (QED) is 0.729. The molecule has 0 bridgehead atoms. The molecule has 0 fully saturated rings. The van der Waals surface area contributed by atoms with E-state index in [1.165, 1.54) is 0 Å². The highest BCUT2D eigenvalue weighted by molar-refractivity contribution is 9.10. The molecule has 1 aromatic carbocycles. The molecule has 1 rings (SSSR count). The van der Waals surface area contributed by atoms with Gasteiger partial charge in [-0.25, -0.2) is 0 Å². The Morgan fingerprint density at radius 2 is 2.17 bits per heavy atom. The standard InChI is InChI=1S/C9H10BrClO/c1-6-3-7(5-11)4-8(12-2)9(6)10/h3-4H,5H2,1-2H3. The van der Waals surface area contributed by atoms with Gasteiger partial charge in [-0.2, -0.15) is 0 Å². The van der Waals surface area contributed by atoms with E-state index in [0.717, 1.165) is 21.3 Å². The second-order valence-electron chi connectivity index (χ2n) is 2.56. The predicted octanol–water partition coefficient (Wildman–Crippen LogP) is 3.50. The highest BCUT2D eigenvalue weighted by atomic mass is 79.9. The van der Waals surface area contributed by atoms with Crippen molar-refractivity contribution in [2.24, 2.45) is 0 Å². The summed E-state index contributed by atoms with van der Waals surface area (Å²) in [6.45, 7) is 2.02. The number of methoxy groups -OCH3 is 1. The maximum atomic E-state index is 5.71. The Balaban J connectivity index is 3.19. The zero-order chi connectivity index (χ0) is 9.14. The van der Waals surface area contributed by atoms with Gasteiger partial charge in [0.1, 0.15) is 5.75 Å². The Hall–Kier alpha value is -0.210. The molecule has 0 heterocycles. The van der Waals surface area contributed by atoms with Crippen LogP contribution in [0.4, 0.5) is 0 Å². The first-order chi connectivity index (χ1) is 5.69. The minimum absolute atomic E-state index is 0.518. The summed E-state index contributed by atoms with van der Waals surface area (Å²) in [5.41, 5.74) is 2.22. The average Bonchev–Trinajstić information content (AvgIpc) is 2.09. The Morgan fingerprint density at radius 1 is 1.50 bits per heavy atom. The third-order valence-electron chi connectivity index (χ3n) is 1.66. The summed E-state index contributed by atoms with van der Waals surface area (Å²) in [5, 5.41) is 0. The number of ether oxygens (including phenoxy) is 1. The number of rotatable bonds is 2. The summed E-state index contributed by atoms with van der Waals surface area (Å²) in [4.78, 5) is 0. The van der Waals surface area contributed by atoms with Crippen LogP contribution in [-0.2, 0) is 5.88 Å². The van der Waals surface area contributed by atoms with Crippen molar-refractivity contribution < 1.29 is 4.74 Å².